The van der Waals surface area contributed by atoms with E-state index in [9.17, 15) is 4.79 Å². The highest BCUT2D eigenvalue weighted by Crippen LogP contribution is 2.27. The van der Waals surface area contributed by atoms with Crippen molar-refractivity contribution in [1.82, 2.24) is 15.1 Å². The maximum atomic E-state index is 12.7. The number of aromatic nitrogens is 2. The molecule has 1 amide bonds. The largest absolute Gasteiger partial charge is 0.384 e. The summed E-state index contributed by atoms with van der Waals surface area (Å²) in [4.78, 5) is 14.7. The van der Waals surface area contributed by atoms with Crippen LogP contribution in [0.25, 0.3) is 11.1 Å². The van der Waals surface area contributed by atoms with Crippen LogP contribution in [0.3, 0.4) is 0 Å². The van der Waals surface area contributed by atoms with E-state index in [1.165, 1.54) is 29.7 Å². The molecule has 1 fully saturated rings. The van der Waals surface area contributed by atoms with Crippen LogP contribution >= 0.6 is 0 Å². The van der Waals surface area contributed by atoms with Crippen molar-refractivity contribution in [2.24, 2.45) is 5.92 Å². The quantitative estimate of drug-likeness (QED) is 0.520. The number of carbonyl (C=O) groups excluding carboxylic acids is 1. The maximum Gasteiger partial charge on any atom is 0.226 e. The van der Waals surface area contributed by atoms with Crippen molar-refractivity contribution < 1.29 is 4.79 Å². The third kappa shape index (κ3) is 5.54. The molecule has 2 heterocycles. The zero-order valence-corrected chi connectivity index (χ0v) is 18.3. The van der Waals surface area contributed by atoms with Gasteiger partial charge >= 0.3 is 0 Å². The van der Waals surface area contributed by atoms with Gasteiger partial charge in [0.25, 0.3) is 0 Å². The summed E-state index contributed by atoms with van der Waals surface area (Å²) >= 11 is 0. The normalized spacial score (nSPS) is 15.9. The Hall–Kier alpha value is -3.08. The fraction of sp³-hybridized carbons (Fsp3) is 0.385. The molecule has 1 aliphatic heterocycles. The van der Waals surface area contributed by atoms with Gasteiger partial charge in [0.15, 0.2) is 0 Å². The molecule has 5 heteroatoms. The van der Waals surface area contributed by atoms with Crippen molar-refractivity contribution in [3.63, 3.8) is 0 Å². The lowest BCUT2D eigenvalue weighted by molar-refractivity contribution is -0.129. The first-order valence-corrected chi connectivity index (χ1v) is 11.4. The topological polar surface area (TPSA) is 61.0 Å². The van der Waals surface area contributed by atoms with Gasteiger partial charge in [0, 0.05) is 37.1 Å². The second-order valence-electron chi connectivity index (χ2n) is 8.50. The van der Waals surface area contributed by atoms with Gasteiger partial charge < -0.3 is 10.2 Å². The number of carbonyl (C=O) groups is 1. The van der Waals surface area contributed by atoms with Crippen molar-refractivity contribution >= 4 is 11.6 Å². The van der Waals surface area contributed by atoms with E-state index in [0.29, 0.717) is 12.3 Å². The Bertz CT molecular complexity index is 968. The van der Waals surface area contributed by atoms with Gasteiger partial charge in [-0.1, -0.05) is 49.7 Å². The molecule has 0 saturated carbocycles. The number of likely N-dealkylation sites (tertiary alicyclic amines) is 1. The molecule has 5 nitrogen and oxygen atoms in total. The summed E-state index contributed by atoms with van der Waals surface area (Å²) in [5, 5.41) is 10.7. The highest BCUT2D eigenvalue weighted by Gasteiger charge is 2.26. The molecule has 2 N–H and O–H groups in total. The first-order valence-electron chi connectivity index (χ1n) is 11.4. The Balaban J connectivity index is 1.34. The van der Waals surface area contributed by atoms with E-state index < -0.39 is 0 Å². The average molecular weight is 417 g/mol. The molecule has 1 atom stereocenters. The molecule has 3 aromatic rings. The number of H-pyrrole nitrogens is 1. The number of unbranched alkanes of at least 4 members (excludes halogenated alkanes) is 1. The number of amides is 1. The molecule has 2 aromatic carbocycles. The second kappa shape index (κ2) is 10.3. The van der Waals surface area contributed by atoms with Gasteiger partial charge in [0.05, 0.1) is 12.6 Å². The number of rotatable bonds is 9. The van der Waals surface area contributed by atoms with Crippen LogP contribution in [0.2, 0.25) is 0 Å². The van der Waals surface area contributed by atoms with Gasteiger partial charge in [-0.25, -0.2) is 0 Å². The van der Waals surface area contributed by atoms with E-state index >= 15 is 0 Å². The number of hydrogen-bond acceptors (Lipinski definition) is 3. The molecule has 31 heavy (non-hydrogen) atoms. The third-order valence-corrected chi connectivity index (χ3v) is 6.15. The minimum atomic E-state index is 0.238. The van der Waals surface area contributed by atoms with Gasteiger partial charge in [-0.2, -0.15) is 5.10 Å². The lowest BCUT2D eigenvalue weighted by Gasteiger charge is -2.18. The second-order valence-corrected chi connectivity index (χ2v) is 8.50. The van der Waals surface area contributed by atoms with Gasteiger partial charge in [-0.05, 0) is 54.0 Å². The maximum absolute atomic E-state index is 12.7. The SMILES string of the molecule is CCCCc1cc(-c2cn[nH]c2)ccc1NCC1CCN(C(=O)Cc2ccccc2)C1. The number of benzene rings is 2. The molecule has 0 spiro atoms. The molecular weight excluding hydrogens is 384 g/mol. The van der Waals surface area contributed by atoms with Crippen LogP contribution in [0, 0.1) is 5.92 Å². The van der Waals surface area contributed by atoms with Gasteiger partial charge in [0.1, 0.15) is 0 Å². The number of aromatic amines is 1. The molecule has 0 aliphatic carbocycles. The van der Waals surface area contributed by atoms with Gasteiger partial charge in [-0.15, -0.1) is 0 Å². The summed E-state index contributed by atoms with van der Waals surface area (Å²) in [5.41, 5.74) is 5.98. The lowest BCUT2D eigenvalue weighted by Crippen LogP contribution is -2.31. The number of aryl methyl sites for hydroxylation is 1. The van der Waals surface area contributed by atoms with E-state index in [0.717, 1.165) is 43.6 Å². The summed E-state index contributed by atoms with van der Waals surface area (Å²) < 4.78 is 0. The predicted molar refractivity (Wildman–Crippen MR) is 126 cm³/mol. The summed E-state index contributed by atoms with van der Waals surface area (Å²) in [6.45, 7) is 4.84. The Morgan fingerprint density at radius 1 is 1.19 bits per heavy atom. The standard InChI is InChI=1S/C26H32N4O/c1-2-3-9-23-15-22(24-17-28-29-18-24)10-11-25(23)27-16-21-12-13-30(19-21)26(31)14-20-7-5-4-6-8-20/h4-8,10-11,15,17-18,21,27H,2-3,9,12-14,16,19H2,1H3,(H,28,29). The minimum Gasteiger partial charge on any atom is -0.384 e. The van der Waals surface area contributed by atoms with Crippen LogP contribution in [0.4, 0.5) is 5.69 Å². The van der Waals surface area contributed by atoms with Crippen molar-refractivity contribution in [3.8, 4) is 11.1 Å². The number of nitrogens with one attached hydrogen (secondary N) is 2. The van der Waals surface area contributed by atoms with E-state index in [2.05, 4.69) is 40.6 Å². The van der Waals surface area contributed by atoms with Crippen LogP contribution in [0.5, 0.6) is 0 Å². The van der Waals surface area contributed by atoms with Crippen molar-refractivity contribution in [1.29, 1.82) is 0 Å². The Morgan fingerprint density at radius 2 is 2.06 bits per heavy atom. The third-order valence-electron chi connectivity index (χ3n) is 6.15. The molecule has 1 saturated heterocycles. The fourth-order valence-corrected chi connectivity index (χ4v) is 4.29. The Morgan fingerprint density at radius 3 is 2.84 bits per heavy atom. The van der Waals surface area contributed by atoms with Crippen molar-refractivity contribution in [2.45, 2.75) is 39.0 Å². The molecule has 1 aromatic heterocycles. The van der Waals surface area contributed by atoms with Crippen LogP contribution in [0.1, 0.15) is 37.3 Å². The molecule has 1 unspecified atom stereocenters. The van der Waals surface area contributed by atoms with Crippen LogP contribution in [0.15, 0.2) is 60.9 Å². The van der Waals surface area contributed by atoms with Crippen LogP contribution in [-0.2, 0) is 17.6 Å². The molecule has 0 bridgehead atoms. The lowest BCUT2D eigenvalue weighted by atomic mass is 10.00. The smallest absolute Gasteiger partial charge is 0.226 e. The minimum absolute atomic E-state index is 0.238. The molecule has 1 aliphatic rings. The van der Waals surface area contributed by atoms with Crippen molar-refractivity contribution in [3.05, 3.63) is 72.1 Å². The zero-order valence-electron chi connectivity index (χ0n) is 18.3. The highest BCUT2D eigenvalue weighted by molar-refractivity contribution is 5.79. The zero-order chi connectivity index (χ0) is 21.5. The molecule has 162 valence electrons. The molecular formula is C26H32N4O. The van der Waals surface area contributed by atoms with E-state index in [4.69, 9.17) is 0 Å². The average Bonchev–Trinajstić information content (AvgIpc) is 3.50. The molecule has 0 radical (unpaired) electrons. The summed E-state index contributed by atoms with van der Waals surface area (Å²) in [6.07, 6.45) is 8.78. The van der Waals surface area contributed by atoms with Crippen LogP contribution < -0.4 is 5.32 Å². The summed E-state index contributed by atoms with van der Waals surface area (Å²) in [5.74, 6) is 0.731. The van der Waals surface area contributed by atoms with E-state index in [1.807, 2.05) is 47.6 Å². The van der Waals surface area contributed by atoms with Crippen molar-refractivity contribution in [2.75, 3.05) is 25.0 Å². The number of hydrogen-bond donors (Lipinski definition) is 2. The predicted octanol–water partition coefficient (Wildman–Crippen LogP) is 4.92. The fourth-order valence-electron chi connectivity index (χ4n) is 4.29. The van der Waals surface area contributed by atoms with Crippen LogP contribution in [-0.4, -0.2) is 40.6 Å². The van der Waals surface area contributed by atoms with E-state index in [1.54, 1.807) is 0 Å². The van der Waals surface area contributed by atoms with Gasteiger partial charge in [-0.3, -0.25) is 9.89 Å². The monoisotopic (exact) mass is 416 g/mol. The first-order chi connectivity index (χ1) is 15.2. The summed E-state index contributed by atoms with van der Waals surface area (Å²) in [6, 6.07) is 16.7. The number of nitrogens with zero attached hydrogens (tertiary/aromatic N) is 2. The number of anilines is 1. The highest BCUT2D eigenvalue weighted by atomic mass is 16.2. The van der Waals surface area contributed by atoms with E-state index in [-0.39, 0.29) is 5.91 Å². The summed E-state index contributed by atoms with van der Waals surface area (Å²) in [7, 11) is 0. The molecule has 4 rings (SSSR count). The van der Waals surface area contributed by atoms with Gasteiger partial charge in [0.2, 0.25) is 5.91 Å². The Kier molecular flexibility index (Phi) is 7.03. The Labute approximate surface area is 184 Å². The first kappa shape index (κ1) is 21.2.